The molecule has 1 saturated heterocycles. The zero-order valence-corrected chi connectivity index (χ0v) is 20.0. The van der Waals surface area contributed by atoms with E-state index in [9.17, 15) is 15.0 Å². The van der Waals surface area contributed by atoms with Crippen molar-refractivity contribution in [3.05, 3.63) is 59.0 Å². The van der Waals surface area contributed by atoms with Gasteiger partial charge in [0.2, 0.25) is 6.29 Å². The molecule has 4 unspecified atom stereocenters. The Morgan fingerprint density at radius 1 is 1.29 bits per heavy atom. The molecule has 2 N–H and O–H groups in total. The monoisotopic (exact) mass is 473 g/mol. The normalized spacial score (nSPS) is 27.3. The van der Waals surface area contributed by atoms with E-state index in [0.29, 0.717) is 22.4 Å². The second-order valence-corrected chi connectivity index (χ2v) is 8.38. The highest BCUT2D eigenvalue weighted by molar-refractivity contribution is 6.05. The highest BCUT2D eigenvalue weighted by Crippen LogP contribution is 2.39. The maximum atomic E-state index is 12.9. The zero-order valence-electron chi connectivity index (χ0n) is 20.0. The molecule has 1 aromatic carbocycles. The second-order valence-electron chi connectivity index (χ2n) is 8.38. The maximum absolute atomic E-state index is 12.9. The molecular formula is C25H31NO8. The lowest BCUT2D eigenvalue weighted by molar-refractivity contribution is -0.275. The number of aliphatic hydroxyl groups is 2. The molecule has 184 valence electrons. The van der Waals surface area contributed by atoms with Gasteiger partial charge in [-0.25, -0.2) is 4.79 Å². The van der Waals surface area contributed by atoms with Crippen molar-refractivity contribution in [3.63, 3.8) is 0 Å². The number of aryl methyl sites for hydroxylation is 1. The number of rotatable bonds is 8. The van der Waals surface area contributed by atoms with Crippen molar-refractivity contribution in [1.29, 1.82) is 0 Å². The molecule has 0 saturated carbocycles. The van der Waals surface area contributed by atoms with Crippen LogP contribution in [0.5, 0.6) is 11.5 Å². The Morgan fingerprint density at radius 2 is 2.00 bits per heavy atom. The van der Waals surface area contributed by atoms with Crippen LogP contribution in [0.2, 0.25) is 0 Å². The van der Waals surface area contributed by atoms with Crippen LogP contribution in [0.25, 0.3) is 11.0 Å². The fourth-order valence-electron chi connectivity index (χ4n) is 3.95. The van der Waals surface area contributed by atoms with Gasteiger partial charge in [0, 0.05) is 11.5 Å². The van der Waals surface area contributed by atoms with E-state index in [2.05, 4.69) is 18.3 Å². The van der Waals surface area contributed by atoms with Gasteiger partial charge in [-0.15, -0.1) is 6.58 Å². The van der Waals surface area contributed by atoms with Crippen molar-refractivity contribution in [2.75, 3.05) is 13.7 Å². The van der Waals surface area contributed by atoms with Gasteiger partial charge in [-0.3, -0.25) is 0 Å². The summed E-state index contributed by atoms with van der Waals surface area (Å²) in [5.41, 5.74) is -0.437. The number of ether oxygens (including phenoxy) is 3. The van der Waals surface area contributed by atoms with Crippen LogP contribution in [0.15, 0.2) is 51.8 Å². The van der Waals surface area contributed by atoms with E-state index in [1.165, 1.54) is 7.11 Å². The van der Waals surface area contributed by atoms with Crippen LogP contribution in [-0.2, 0) is 9.57 Å². The third-order valence-electron chi connectivity index (χ3n) is 6.23. The van der Waals surface area contributed by atoms with Crippen molar-refractivity contribution in [1.82, 2.24) is 0 Å². The summed E-state index contributed by atoms with van der Waals surface area (Å²) in [5.74, 6) is 0.171. The minimum absolute atomic E-state index is 0.133. The van der Waals surface area contributed by atoms with Gasteiger partial charge in [-0.2, -0.15) is 0 Å². The summed E-state index contributed by atoms with van der Waals surface area (Å²) in [4.78, 5) is 17.7. The quantitative estimate of drug-likeness (QED) is 0.260. The van der Waals surface area contributed by atoms with E-state index in [-0.39, 0.29) is 23.5 Å². The lowest BCUT2D eigenvalue weighted by Crippen LogP contribution is -2.59. The van der Waals surface area contributed by atoms with Crippen molar-refractivity contribution < 1.29 is 33.7 Å². The first-order valence-electron chi connectivity index (χ1n) is 10.9. The van der Waals surface area contributed by atoms with Gasteiger partial charge in [0.1, 0.15) is 42.5 Å². The molecule has 1 aliphatic heterocycles. The van der Waals surface area contributed by atoms with Crippen LogP contribution in [0.1, 0.15) is 31.9 Å². The van der Waals surface area contributed by atoms with Gasteiger partial charge in [0.05, 0.1) is 22.8 Å². The molecule has 3 rings (SSSR count). The average Bonchev–Trinajstić information content (AvgIpc) is 2.81. The van der Waals surface area contributed by atoms with Gasteiger partial charge >= 0.3 is 5.63 Å². The Labute approximate surface area is 197 Å². The SMILES string of the molecule is C=CCOc1c(/C(C)=N/OC)c(=O)oc2c(C)c(OC3O[C@@](C)(C=C)C(C)C(O)C3O)ccc12. The van der Waals surface area contributed by atoms with Gasteiger partial charge in [0.25, 0.3) is 0 Å². The molecule has 34 heavy (non-hydrogen) atoms. The molecule has 0 spiro atoms. The van der Waals surface area contributed by atoms with E-state index in [0.717, 1.165) is 0 Å². The Morgan fingerprint density at radius 3 is 2.62 bits per heavy atom. The molecule has 2 heterocycles. The third kappa shape index (κ3) is 4.46. The molecular weight excluding hydrogens is 442 g/mol. The highest BCUT2D eigenvalue weighted by Gasteiger charge is 2.49. The number of aliphatic hydroxyl groups excluding tert-OH is 2. The van der Waals surface area contributed by atoms with Crippen LogP contribution >= 0.6 is 0 Å². The predicted molar refractivity (Wildman–Crippen MR) is 127 cm³/mol. The Bertz CT molecular complexity index is 1170. The van der Waals surface area contributed by atoms with Crippen LogP contribution < -0.4 is 15.1 Å². The van der Waals surface area contributed by atoms with Gasteiger partial charge in [-0.1, -0.05) is 30.8 Å². The Kier molecular flexibility index (Phi) is 7.50. The molecule has 9 heteroatoms. The number of fused-ring (bicyclic) bond motifs is 1. The van der Waals surface area contributed by atoms with Crippen molar-refractivity contribution >= 4 is 16.7 Å². The Balaban J connectivity index is 2.10. The lowest BCUT2D eigenvalue weighted by Gasteiger charge is -2.46. The molecule has 0 amide bonds. The van der Waals surface area contributed by atoms with Gasteiger partial charge < -0.3 is 33.7 Å². The molecule has 1 aliphatic rings. The van der Waals surface area contributed by atoms with Crippen LogP contribution in [0.4, 0.5) is 0 Å². The van der Waals surface area contributed by atoms with Crippen LogP contribution in [0.3, 0.4) is 0 Å². The second kappa shape index (κ2) is 10.0. The summed E-state index contributed by atoms with van der Waals surface area (Å²) in [5, 5.41) is 25.4. The van der Waals surface area contributed by atoms with Gasteiger partial charge in [0.15, 0.2) is 0 Å². The highest BCUT2D eigenvalue weighted by atomic mass is 16.7. The molecule has 1 fully saturated rings. The van der Waals surface area contributed by atoms with E-state index in [4.69, 9.17) is 23.5 Å². The van der Waals surface area contributed by atoms with E-state index in [1.807, 2.05) is 0 Å². The van der Waals surface area contributed by atoms with E-state index < -0.39 is 35.6 Å². The molecule has 9 nitrogen and oxygen atoms in total. The van der Waals surface area contributed by atoms with Crippen LogP contribution in [-0.4, -0.2) is 53.7 Å². The number of oxime groups is 1. The zero-order chi connectivity index (χ0) is 25.2. The maximum Gasteiger partial charge on any atom is 0.349 e. The standard InChI is InChI=1S/C25H31NO8/c1-8-12-31-22-16-10-11-17(13(3)21(16)33-23(29)18(22)15(5)26-30-7)32-24-20(28)19(27)14(4)25(6,9-2)34-24/h8-11,14,19-20,24,27-28H,1-2,12H2,3-7H3/b26-15+/t14?,19?,20?,24?,25-/m0/s1. The largest absolute Gasteiger partial charge is 0.488 e. The summed E-state index contributed by atoms with van der Waals surface area (Å²) >= 11 is 0. The van der Waals surface area contributed by atoms with Crippen molar-refractivity contribution in [3.8, 4) is 11.5 Å². The van der Waals surface area contributed by atoms with Gasteiger partial charge in [-0.05, 0) is 32.9 Å². The smallest absolute Gasteiger partial charge is 0.349 e. The molecule has 0 aliphatic carbocycles. The molecule has 0 radical (unpaired) electrons. The summed E-state index contributed by atoms with van der Waals surface area (Å²) in [6.45, 7) is 14.4. The van der Waals surface area contributed by atoms with Crippen molar-refractivity contribution in [2.45, 2.75) is 51.8 Å². The number of hydrogen-bond donors (Lipinski definition) is 2. The summed E-state index contributed by atoms with van der Waals surface area (Å²) in [6, 6.07) is 3.32. The van der Waals surface area contributed by atoms with E-state index in [1.54, 1.807) is 52.0 Å². The summed E-state index contributed by atoms with van der Waals surface area (Å²) in [7, 11) is 1.38. The van der Waals surface area contributed by atoms with Crippen molar-refractivity contribution in [2.24, 2.45) is 11.1 Å². The Hall–Kier alpha value is -3.14. The molecule has 0 bridgehead atoms. The number of hydrogen-bond acceptors (Lipinski definition) is 9. The first-order valence-corrected chi connectivity index (χ1v) is 10.9. The topological polar surface area (TPSA) is 120 Å². The number of nitrogens with zero attached hydrogens (tertiary/aromatic N) is 1. The fourth-order valence-corrected chi connectivity index (χ4v) is 3.95. The molecule has 5 atom stereocenters. The lowest BCUT2D eigenvalue weighted by atomic mass is 9.81. The minimum Gasteiger partial charge on any atom is -0.488 e. The van der Waals surface area contributed by atoms with Crippen LogP contribution in [0, 0.1) is 12.8 Å². The third-order valence-corrected chi connectivity index (χ3v) is 6.23. The molecule has 2 aromatic rings. The first kappa shape index (κ1) is 25.5. The first-order chi connectivity index (χ1) is 16.1. The fraction of sp³-hybridized carbons (Fsp3) is 0.440. The number of benzene rings is 1. The minimum atomic E-state index is -1.30. The predicted octanol–water partition coefficient (Wildman–Crippen LogP) is 3.07. The summed E-state index contributed by atoms with van der Waals surface area (Å²) < 4.78 is 23.4. The summed E-state index contributed by atoms with van der Waals surface area (Å²) in [6.07, 6.45) is -0.438. The average molecular weight is 474 g/mol. The molecule has 1 aromatic heterocycles. The van der Waals surface area contributed by atoms with E-state index >= 15 is 0 Å².